The third-order valence-corrected chi connectivity index (χ3v) is 3.39. The lowest BCUT2D eigenvalue weighted by Gasteiger charge is -2.20. The van der Waals surface area contributed by atoms with Crippen molar-refractivity contribution in [1.82, 2.24) is 14.9 Å². The minimum atomic E-state index is -0.353. The number of aryl methyl sites for hydroxylation is 1. The van der Waals surface area contributed by atoms with Crippen LogP contribution in [-0.4, -0.2) is 23.2 Å². The van der Waals surface area contributed by atoms with E-state index in [1.165, 1.54) is 13.2 Å². The molecular formula is C16H22FN3O. The normalized spacial score (nSPS) is 12.4. The second-order valence-corrected chi connectivity index (χ2v) is 4.86. The van der Waals surface area contributed by atoms with Gasteiger partial charge in [-0.2, -0.15) is 0 Å². The second kappa shape index (κ2) is 7.22. The summed E-state index contributed by atoms with van der Waals surface area (Å²) in [5, 5.41) is 3.41. The van der Waals surface area contributed by atoms with Gasteiger partial charge < -0.3 is 14.6 Å². The molecule has 21 heavy (non-hydrogen) atoms. The summed E-state index contributed by atoms with van der Waals surface area (Å²) in [7, 11) is 1.47. The number of halogens is 1. The van der Waals surface area contributed by atoms with Gasteiger partial charge in [-0.1, -0.05) is 19.9 Å². The van der Waals surface area contributed by atoms with Crippen LogP contribution in [0.1, 0.15) is 37.7 Å². The third kappa shape index (κ3) is 3.42. The first-order valence-electron chi connectivity index (χ1n) is 7.29. The summed E-state index contributed by atoms with van der Waals surface area (Å²) >= 11 is 0. The molecule has 0 aliphatic carbocycles. The van der Waals surface area contributed by atoms with E-state index in [2.05, 4.69) is 21.8 Å². The molecule has 1 unspecified atom stereocenters. The van der Waals surface area contributed by atoms with Gasteiger partial charge in [-0.15, -0.1) is 0 Å². The number of ether oxygens (including phenoxy) is 1. The van der Waals surface area contributed by atoms with E-state index in [1.807, 2.05) is 13.1 Å². The number of imidazole rings is 1. The number of rotatable bonds is 7. The molecule has 5 heteroatoms. The first-order chi connectivity index (χ1) is 10.2. The van der Waals surface area contributed by atoms with E-state index in [9.17, 15) is 4.39 Å². The maximum Gasteiger partial charge on any atom is 0.165 e. The van der Waals surface area contributed by atoms with Crippen molar-refractivity contribution in [2.75, 3.05) is 13.7 Å². The van der Waals surface area contributed by atoms with Crippen LogP contribution in [0.4, 0.5) is 4.39 Å². The lowest BCUT2D eigenvalue weighted by atomic mass is 10.1. The van der Waals surface area contributed by atoms with Crippen molar-refractivity contribution < 1.29 is 9.13 Å². The van der Waals surface area contributed by atoms with E-state index in [1.54, 1.807) is 18.3 Å². The van der Waals surface area contributed by atoms with Crippen LogP contribution in [0, 0.1) is 5.82 Å². The Balaban J connectivity index is 2.40. The summed E-state index contributed by atoms with van der Waals surface area (Å²) in [6.45, 7) is 5.88. The van der Waals surface area contributed by atoms with Crippen molar-refractivity contribution >= 4 is 0 Å². The van der Waals surface area contributed by atoms with Crippen LogP contribution in [-0.2, 0) is 6.54 Å². The number of aromatic nitrogens is 2. The average Bonchev–Trinajstić information content (AvgIpc) is 2.94. The molecule has 0 saturated heterocycles. The fourth-order valence-electron chi connectivity index (χ4n) is 2.43. The van der Waals surface area contributed by atoms with Gasteiger partial charge in [0, 0.05) is 18.9 Å². The summed E-state index contributed by atoms with van der Waals surface area (Å²) in [5.74, 6) is 0.838. The summed E-state index contributed by atoms with van der Waals surface area (Å²) in [6, 6.07) is 4.86. The van der Waals surface area contributed by atoms with Crippen LogP contribution in [0.15, 0.2) is 30.6 Å². The summed E-state index contributed by atoms with van der Waals surface area (Å²) in [4.78, 5) is 4.47. The molecule has 0 bridgehead atoms. The van der Waals surface area contributed by atoms with Gasteiger partial charge in [0.05, 0.1) is 13.2 Å². The van der Waals surface area contributed by atoms with E-state index in [-0.39, 0.29) is 17.6 Å². The topological polar surface area (TPSA) is 39.1 Å². The van der Waals surface area contributed by atoms with Crippen LogP contribution in [0.3, 0.4) is 0 Å². The molecule has 1 aromatic heterocycles. The Hall–Kier alpha value is -1.88. The largest absolute Gasteiger partial charge is 0.494 e. The lowest BCUT2D eigenvalue weighted by Crippen LogP contribution is -2.25. The maximum atomic E-state index is 13.6. The van der Waals surface area contributed by atoms with Crippen LogP contribution < -0.4 is 10.1 Å². The standard InChI is InChI=1S/C16H22FN3O/c1-4-9-20-10-8-19-16(20)15(18-5-2)12-6-7-13(17)14(11-12)21-3/h6-8,10-11,15,18H,4-5,9H2,1-3H3. The maximum absolute atomic E-state index is 13.6. The highest BCUT2D eigenvalue weighted by Crippen LogP contribution is 2.26. The van der Waals surface area contributed by atoms with E-state index >= 15 is 0 Å². The number of hydrogen-bond donors (Lipinski definition) is 1. The number of hydrogen-bond acceptors (Lipinski definition) is 3. The van der Waals surface area contributed by atoms with Gasteiger partial charge in [-0.3, -0.25) is 0 Å². The van der Waals surface area contributed by atoms with Gasteiger partial charge in [0.1, 0.15) is 5.82 Å². The fraction of sp³-hybridized carbons (Fsp3) is 0.438. The number of nitrogens with zero attached hydrogens (tertiary/aromatic N) is 2. The average molecular weight is 291 g/mol. The van der Waals surface area contributed by atoms with Crippen molar-refractivity contribution in [3.63, 3.8) is 0 Å². The Morgan fingerprint density at radius 3 is 2.86 bits per heavy atom. The molecule has 1 heterocycles. The van der Waals surface area contributed by atoms with Gasteiger partial charge in [-0.25, -0.2) is 9.37 Å². The number of nitrogens with one attached hydrogen (secondary N) is 1. The van der Waals surface area contributed by atoms with Crippen molar-refractivity contribution in [1.29, 1.82) is 0 Å². The van der Waals surface area contributed by atoms with Crippen molar-refractivity contribution in [2.45, 2.75) is 32.9 Å². The lowest BCUT2D eigenvalue weighted by molar-refractivity contribution is 0.385. The Morgan fingerprint density at radius 1 is 1.38 bits per heavy atom. The molecule has 1 atom stereocenters. The van der Waals surface area contributed by atoms with Crippen molar-refractivity contribution in [3.8, 4) is 5.75 Å². The van der Waals surface area contributed by atoms with Gasteiger partial charge in [0.15, 0.2) is 11.6 Å². The monoisotopic (exact) mass is 291 g/mol. The molecule has 0 fully saturated rings. The minimum Gasteiger partial charge on any atom is -0.494 e. The SMILES string of the molecule is CCCn1ccnc1C(NCC)c1ccc(F)c(OC)c1. The van der Waals surface area contributed by atoms with Crippen molar-refractivity contribution in [2.24, 2.45) is 0 Å². The highest BCUT2D eigenvalue weighted by Gasteiger charge is 2.19. The molecule has 2 rings (SSSR count). The molecule has 0 aliphatic heterocycles. The zero-order valence-corrected chi connectivity index (χ0v) is 12.8. The zero-order chi connectivity index (χ0) is 15.2. The first kappa shape index (κ1) is 15.5. The highest BCUT2D eigenvalue weighted by molar-refractivity contribution is 5.34. The van der Waals surface area contributed by atoms with E-state index in [0.717, 1.165) is 30.9 Å². The van der Waals surface area contributed by atoms with E-state index < -0.39 is 0 Å². The second-order valence-electron chi connectivity index (χ2n) is 4.86. The van der Waals surface area contributed by atoms with E-state index in [0.29, 0.717) is 0 Å². The number of benzene rings is 1. The molecule has 114 valence electrons. The Labute approximate surface area is 125 Å². The predicted molar refractivity (Wildman–Crippen MR) is 81.0 cm³/mol. The minimum absolute atomic E-state index is 0.0777. The molecule has 4 nitrogen and oxygen atoms in total. The Bertz CT molecular complexity index is 583. The van der Waals surface area contributed by atoms with Crippen LogP contribution >= 0.6 is 0 Å². The Kier molecular flexibility index (Phi) is 5.33. The molecule has 1 aromatic carbocycles. The van der Waals surface area contributed by atoms with Crippen molar-refractivity contribution in [3.05, 3.63) is 47.8 Å². The van der Waals surface area contributed by atoms with Crippen LogP contribution in [0.5, 0.6) is 5.75 Å². The molecule has 0 saturated carbocycles. The molecule has 0 radical (unpaired) electrons. The molecular weight excluding hydrogens is 269 g/mol. The highest BCUT2D eigenvalue weighted by atomic mass is 19.1. The van der Waals surface area contributed by atoms with Gasteiger partial charge in [-0.05, 0) is 30.7 Å². The molecule has 0 spiro atoms. The van der Waals surface area contributed by atoms with Crippen LogP contribution in [0.2, 0.25) is 0 Å². The smallest absolute Gasteiger partial charge is 0.165 e. The molecule has 0 amide bonds. The fourth-order valence-corrected chi connectivity index (χ4v) is 2.43. The summed E-state index contributed by atoms with van der Waals surface area (Å²) in [5.41, 5.74) is 0.943. The molecule has 0 aliphatic rings. The summed E-state index contributed by atoms with van der Waals surface area (Å²) in [6.07, 6.45) is 4.81. The van der Waals surface area contributed by atoms with Gasteiger partial charge in [0.2, 0.25) is 0 Å². The van der Waals surface area contributed by atoms with Gasteiger partial charge in [0.25, 0.3) is 0 Å². The number of methoxy groups -OCH3 is 1. The van der Waals surface area contributed by atoms with E-state index in [4.69, 9.17) is 4.74 Å². The third-order valence-electron chi connectivity index (χ3n) is 3.39. The quantitative estimate of drug-likeness (QED) is 0.852. The van der Waals surface area contributed by atoms with Gasteiger partial charge >= 0.3 is 0 Å². The zero-order valence-electron chi connectivity index (χ0n) is 12.8. The first-order valence-corrected chi connectivity index (χ1v) is 7.29. The predicted octanol–water partition coefficient (Wildman–Crippen LogP) is 3.14. The summed E-state index contributed by atoms with van der Waals surface area (Å²) < 4.78 is 20.8. The Morgan fingerprint density at radius 2 is 2.19 bits per heavy atom. The van der Waals surface area contributed by atoms with Crippen LogP contribution in [0.25, 0.3) is 0 Å². The molecule has 1 N–H and O–H groups in total. The molecule has 2 aromatic rings.